The fraction of sp³-hybridized carbons (Fsp3) is 0.400. The van der Waals surface area contributed by atoms with Crippen LogP contribution < -0.4 is 16.6 Å². The number of halogens is 2. The zero-order valence-corrected chi connectivity index (χ0v) is 20.7. The largest absolute Gasteiger partial charge is 0.332 e. The maximum Gasteiger partial charge on any atom is 0.332 e. The Morgan fingerprint density at radius 2 is 1.81 bits per heavy atom. The second-order valence-electron chi connectivity index (χ2n) is 8.24. The van der Waals surface area contributed by atoms with E-state index in [-0.39, 0.29) is 27.6 Å². The highest BCUT2D eigenvalue weighted by molar-refractivity contribution is 8.00. The summed E-state index contributed by atoms with van der Waals surface area (Å²) in [5.41, 5.74) is -0.634. The summed E-state index contributed by atoms with van der Waals surface area (Å²) in [7, 11) is 2.93. The Kier molecular flexibility index (Phi) is 6.69. The summed E-state index contributed by atoms with van der Waals surface area (Å²) in [6, 6.07) is 0. The van der Waals surface area contributed by atoms with Gasteiger partial charge in [-0.25, -0.2) is 19.7 Å². The Hall–Kier alpha value is -2.43. The standard InChI is InChI=1S/C20H22Cl2N6O3S/c1-9-10(21)7-23-14(13(9)22)24-11(29)8-32-16-12-15(25-18(26-16)20(2,3)4)27(5)19(31)28(6)17(12)30/h7H,8H2,1-6H3,(H,23,24,29). The van der Waals surface area contributed by atoms with Crippen LogP contribution in [0.5, 0.6) is 0 Å². The van der Waals surface area contributed by atoms with Crippen LogP contribution in [0.3, 0.4) is 0 Å². The molecule has 3 aromatic heterocycles. The van der Waals surface area contributed by atoms with Crippen molar-refractivity contribution >= 4 is 57.7 Å². The van der Waals surface area contributed by atoms with E-state index in [1.165, 1.54) is 17.8 Å². The molecule has 0 aliphatic carbocycles. The molecule has 170 valence electrons. The predicted molar refractivity (Wildman–Crippen MR) is 127 cm³/mol. The number of fused-ring (bicyclic) bond motifs is 1. The lowest BCUT2D eigenvalue weighted by atomic mass is 9.96. The van der Waals surface area contributed by atoms with Crippen LogP contribution in [-0.4, -0.2) is 35.7 Å². The molecule has 0 aliphatic heterocycles. The van der Waals surface area contributed by atoms with E-state index >= 15 is 0 Å². The Bertz CT molecular complexity index is 1360. The molecular formula is C20H22Cl2N6O3S. The first-order valence-corrected chi connectivity index (χ1v) is 11.3. The van der Waals surface area contributed by atoms with Gasteiger partial charge in [-0.2, -0.15) is 0 Å². The van der Waals surface area contributed by atoms with Gasteiger partial charge in [0.2, 0.25) is 5.91 Å². The molecule has 0 spiro atoms. The number of nitrogens with one attached hydrogen (secondary N) is 1. The van der Waals surface area contributed by atoms with Crippen LogP contribution >= 0.6 is 35.0 Å². The van der Waals surface area contributed by atoms with Gasteiger partial charge in [0, 0.05) is 25.7 Å². The molecule has 0 saturated heterocycles. The van der Waals surface area contributed by atoms with Gasteiger partial charge in [0.1, 0.15) is 16.2 Å². The van der Waals surface area contributed by atoms with Gasteiger partial charge in [0.15, 0.2) is 11.5 Å². The lowest BCUT2D eigenvalue weighted by molar-refractivity contribution is -0.113. The number of carbonyl (C=O) groups is 1. The number of rotatable bonds is 4. The smallest absolute Gasteiger partial charge is 0.309 e. The van der Waals surface area contributed by atoms with Gasteiger partial charge in [-0.05, 0) is 12.5 Å². The van der Waals surface area contributed by atoms with Gasteiger partial charge in [-0.1, -0.05) is 55.7 Å². The Morgan fingerprint density at radius 1 is 1.16 bits per heavy atom. The number of anilines is 1. The molecule has 0 radical (unpaired) electrons. The van der Waals surface area contributed by atoms with Crippen LogP contribution in [0.1, 0.15) is 32.2 Å². The van der Waals surface area contributed by atoms with E-state index in [1.54, 1.807) is 14.0 Å². The SMILES string of the molecule is Cc1c(Cl)cnc(NC(=O)CSc2nc(C(C)(C)C)nc3c2c(=O)n(C)c(=O)n3C)c1Cl. The Morgan fingerprint density at radius 3 is 2.44 bits per heavy atom. The average Bonchev–Trinajstić information content (AvgIpc) is 2.73. The number of pyridine rings is 1. The molecule has 3 rings (SSSR count). The average molecular weight is 497 g/mol. The fourth-order valence-corrected chi connectivity index (χ4v) is 4.02. The van der Waals surface area contributed by atoms with Crippen molar-refractivity contribution in [3.63, 3.8) is 0 Å². The Balaban J connectivity index is 2.01. The molecule has 1 N–H and O–H groups in total. The summed E-state index contributed by atoms with van der Waals surface area (Å²) in [4.78, 5) is 50.9. The van der Waals surface area contributed by atoms with E-state index in [2.05, 4.69) is 20.3 Å². The van der Waals surface area contributed by atoms with Gasteiger partial charge < -0.3 is 5.32 Å². The quantitative estimate of drug-likeness (QED) is 0.436. The summed E-state index contributed by atoms with van der Waals surface area (Å²) in [5.74, 6) is 0.188. The topological polar surface area (TPSA) is 112 Å². The van der Waals surface area contributed by atoms with Gasteiger partial charge in [-0.3, -0.25) is 18.7 Å². The van der Waals surface area contributed by atoms with Gasteiger partial charge >= 0.3 is 5.69 Å². The van der Waals surface area contributed by atoms with Crippen molar-refractivity contribution in [3.8, 4) is 0 Å². The predicted octanol–water partition coefficient (Wildman–Crippen LogP) is 3.07. The first-order valence-electron chi connectivity index (χ1n) is 9.54. The zero-order chi connectivity index (χ0) is 24.0. The number of nitrogens with zero attached hydrogens (tertiary/aromatic N) is 5. The Labute approximate surface area is 198 Å². The molecule has 3 aromatic rings. The maximum atomic E-state index is 12.8. The van der Waals surface area contributed by atoms with Crippen molar-refractivity contribution in [3.05, 3.63) is 48.5 Å². The van der Waals surface area contributed by atoms with Crippen LogP contribution in [0.15, 0.2) is 20.8 Å². The van der Waals surface area contributed by atoms with Crippen molar-refractivity contribution in [2.75, 3.05) is 11.1 Å². The third kappa shape index (κ3) is 4.53. The molecule has 0 aliphatic rings. The van der Waals surface area contributed by atoms with Gasteiger partial charge in [0.05, 0.1) is 15.8 Å². The molecule has 0 unspecified atom stereocenters. The number of carbonyl (C=O) groups excluding carboxylic acids is 1. The second kappa shape index (κ2) is 8.84. The van der Waals surface area contributed by atoms with E-state index in [9.17, 15) is 14.4 Å². The lowest BCUT2D eigenvalue weighted by Crippen LogP contribution is -2.38. The van der Waals surface area contributed by atoms with E-state index in [0.29, 0.717) is 21.4 Å². The maximum absolute atomic E-state index is 12.8. The lowest BCUT2D eigenvalue weighted by Gasteiger charge is -2.19. The third-order valence-corrected chi connectivity index (χ3v) is 6.56. The second-order valence-corrected chi connectivity index (χ2v) is 9.99. The molecule has 32 heavy (non-hydrogen) atoms. The number of amides is 1. The van der Waals surface area contributed by atoms with Crippen LogP contribution in [-0.2, 0) is 24.3 Å². The highest BCUT2D eigenvalue weighted by Gasteiger charge is 2.24. The summed E-state index contributed by atoms with van der Waals surface area (Å²) < 4.78 is 2.30. The minimum Gasteiger partial charge on any atom is -0.309 e. The fourth-order valence-electron chi connectivity index (χ4n) is 2.82. The highest BCUT2D eigenvalue weighted by atomic mass is 35.5. The molecule has 3 heterocycles. The number of thioether (sulfide) groups is 1. The first-order chi connectivity index (χ1) is 14.8. The molecular weight excluding hydrogens is 475 g/mol. The summed E-state index contributed by atoms with van der Waals surface area (Å²) in [6.45, 7) is 7.49. The molecule has 0 fully saturated rings. The van der Waals surface area contributed by atoms with Gasteiger partial charge in [-0.15, -0.1) is 0 Å². The molecule has 0 aromatic carbocycles. The summed E-state index contributed by atoms with van der Waals surface area (Å²) in [5, 5.41) is 3.79. The van der Waals surface area contributed by atoms with Crippen LogP contribution in [0, 0.1) is 6.92 Å². The van der Waals surface area contributed by atoms with Crippen molar-refractivity contribution in [2.45, 2.75) is 38.1 Å². The van der Waals surface area contributed by atoms with Crippen LogP contribution in [0.4, 0.5) is 5.82 Å². The summed E-state index contributed by atoms with van der Waals surface area (Å²) in [6.07, 6.45) is 1.41. The van der Waals surface area contributed by atoms with Gasteiger partial charge in [0.25, 0.3) is 5.56 Å². The van der Waals surface area contributed by atoms with E-state index in [1.807, 2.05) is 20.8 Å². The highest BCUT2D eigenvalue weighted by Crippen LogP contribution is 2.30. The van der Waals surface area contributed by atoms with Crippen molar-refractivity contribution in [1.29, 1.82) is 0 Å². The van der Waals surface area contributed by atoms with Crippen molar-refractivity contribution in [2.24, 2.45) is 14.1 Å². The van der Waals surface area contributed by atoms with E-state index < -0.39 is 22.6 Å². The van der Waals surface area contributed by atoms with E-state index in [0.717, 1.165) is 16.3 Å². The number of hydrogen-bond donors (Lipinski definition) is 1. The minimum atomic E-state index is -0.524. The summed E-state index contributed by atoms with van der Waals surface area (Å²) >= 11 is 13.3. The monoisotopic (exact) mass is 496 g/mol. The number of aryl methyl sites for hydroxylation is 1. The molecule has 1 amide bonds. The van der Waals surface area contributed by atoms with Crippen LogP contribution in [0.2, 0.25) is 10.0 Å². The number of aromatic nitrogens is 5. The zero-order valence-electron chi connectivity index (χ0n) is 18.4. The first kappa shape index (κ1) is 24.2. The molecule has 0 saturated carbocycles. The third-order valence-electron chi connectivity index (χ3n) is 4.74. The molecule has 12 heteroatoms. The van der Waals surface area contributed by atoms with E-state index in [4.69, 9.17) is 23.2 Å². The normalized spacial score (nSPS) is 11.8. The molecule has 0 atom stereocenters. The number of hydrogen-bond acceptors (Lipinski definition) is 7. The van der Waals surface area contributed by atoms with Crippen molar-refractivity contribution < 1.29 is 4.79 Å². The van der Waals surface area contributed by atoms with Crippen LogP contribution in [0.25, 0.3) is 11.0 Å². The minimum absolute atomic E-state index is 0.0681. The molecule has 0 bridgehead atoms. The van der Waals surface area contributed by atoms with Crippen molar-refractivity contribution in [1.82, 2.24) is 24.1 Å². The molecule has 9 nitrogen and oxygen atoms in total.